The number of aromatic nitrogens is 1. The summed E-state index contributed by atoms with van der Waals surface area (Å²) < 4.78 is 0. The van der Waals surface area contributed by atoms with E-state index in [0.717, 1.165) is 50.0 Å². The number of carbonyl (C=O) groups excluding carboxylic acids is 1. The van der Waals surface area contributed by atoms with Crippen molar-refractivity contribution < 1.29 is 9.72 Å². The molecule has 29 heavy (non-hydrogen) atoms. The molecule has 8 nitrogen and oxygen atoms in total. The fourth-order valence-corrected chi connectivity index (χ4v) is 3.76. The van der Waals surface area contributed by atoms with E-state index in [2.05, 4.69) is 10.3 Å². The zero-order valence-corrected chi connectivity index (χ0v) is 16.8. The van der Waals surface area contributed by atoms with E-state index >= 15 is 0 Å². The van der Waals surface area contributed by atoms with Crippen molar-refractivity contribution in [2.45, 2.75) is 46.1 Å². The third-order valence-corrected chi connectivity index (χ3v) is 5.30. The summed E-state index contributed by atoms with van der Waals surface area (Å²) in [6.45, 7) is 5.22. The van der Waals surface area contributed by atoms with Crippen LogP contribution in [-0.4, -0.2) is 28.9 Å². The number of hydrogen-bond acceptors (Lipinski definition) is 5. The molecule has 3 rings (SSSR count). The summed E-state index contributed by atoms with van der Waals surface area (Å²) in [5, 5.41) is 14.3. The van der Waals surface area contributed by atoms with Crippen LogP contribution in [0.25, 0.3) is 0 Å². The Kier molecular flexibility index (Phi) is 6.31. The van der Waals surface area contributed by atoms with Crippen LogP contribution in [0.15, 0.2) is 29.1 Å². The molecule has 1 saturated heterocycles. The van der Waals surface area contributed by atoms with E-state index in [0.29, 0.717) is 11.3 Å². The van der Waals surface area contributed by atoms with Crippen molar-refractivity contribution in [3.05, 3.63) is 67.1 Å². The first-order chi connectivity index (χ1) is 13.9. The molecule has 1 aliphatic heterocycles. The number of carbonyl (C=O) groups is 1. The van der Waals surface area contributed by atoms with Crippen molar-refractivity contribution in [1.82, 2.24) is 10.3 Å². The van der Waals surface area contributed by atoms with Gasteiger partial charge in [0.25, 0.3) is 17.2 Å². The van der Waals surface area contributed by atoms with Gasteiger partial charge in [-0.1, -0.05) is 12.8 Å². The van der Waals surface area contributed by atoms with Crippen LogP contribution in [-0.2, 0) is 6.54 Å². The van der Waals surface area contributed by atoms with E-state index in [9.17, 15) is 19.7 Å². The quantitative estimate of drug-likeness (QED) is 0.594. The third-order valence-electron chi connectivity index (χ3n) is 5.30. The lowest BCUT2D eigenvalue weighted by molar-refractivity contribution is -0.384. The van der Waals surface area contributed by atoms with Crippen LogP contribution >= 0.6 is 0 Å². The Labute approximate surface area is 169 Å². The van der Waals surface area contributed by atoms with Crippen molar-refractivity contribution in [1.29, 1.82) is 0 Å². The van der Waals surface area contributed by atoms with E-state index in [1.807, 2.05) is 17.9 Å². The summed E-state index contributed by atoms with van der Waals surface area (Å²) in [4.78, 5) is 40.6. The lowest BCUT2D eigenvalue weighted by atomic mass is 10.1. The van der Waals surface area contributed by atoms with Crippen molar-refractivity contribution in [3.8, 4) is 0 Å². The Hall–Kier alpha value is -3.16. The van der Waals surface area contributed by atoms with E-state index in [1.54, 1.807) is 19.1 Å². The number of aryl methyl sites for hydroxylation is 2. The third kappa shape index (κ3) is 4.82. The Bertz CT molecular complexity index is 975. The van der Waals surface area contributed by atoms with Gasteiger partial charge >= 0.3 is 0 Å². The molecule has 0 radical (unpaired) electrons. The second-order valence-electron chi connectivity index (χ2n) is 7.49. The van der Waals surface area contributed by atoms with E-state index in [-0.39, 0.29) is 23.4 Å². The number of nitro groups is 1. The molecule has 2 heterocycles. The highest BCUT2D eigenvalue weighted by Gasteiger charge is 2.22. The molecule has 2 N–H and O–H groups in total. The second-order valence-corrected chi connectivity index (χ2v) is 7.49. The van der Waals surface area contributed by atoms with Crippen molar-refractivity contribution >= 4 is 17.3 Å². The summed E-state index contributed by atoms with van der Waals surface area (Å²) in [7, 11) is 0. The van der Waals surface area contributed by atoms with Crippen LogP contribution in [0.4, 0.5) is 11.4 Å². The van der Waals surface area contributed by atoms with Gasteiger partial charge in [0.15, 0.2) is 0 Å². The first kappa shape index (κ1) is 20.6. The monoisotopic (exact) mass is 398 g/mol. The lowest BCUT2D eigenvalue weighted by Crippen LogP contribution is -2.28. The summed E-state index contributed by atoms with van der Waals surface area (Å²) in [5.74, 6) is -0.449. The molecule has 0 saturated carbocycles. The Morgan fingerprint density at radius 2 is 1.86 bits per heavy atom. The number of nitro benzene ring substituents is 1. The number of aromatic amines is 1. The number of rotatable bonds is 5. The van der Waals surface area contributed by atoms with Crippen molar-refractivity contribution in [3.63, 3.8) is 0 Å². The maximum atomic E-state index is 12.6. The Morgan fingerprint density at radius 3 is 2.48 bits per heavy atom. The normalized spacial score (nSPS) is 14.3. The number of H-pyrrole nitrogens is 1. The first-order valence-corrected chi connectivity index (χ1v) is 9.88. The number of anilines is 1. The smallest absolute Gasteiger partial charge is 0.293 e. The summed E-state index contributed by atoms with van der Waals surface area (Å²) >= 11 is 0. The van der Waals surface area contributed by atoms with Gasteiger partial charge < -0.3 is 15.2 Å². The molecule has 1 amide bonds. The van der Waals surface area contributed by atoms with E-state index in [1.165, 1.54) is 6.07 Å². The van der Waals surface area contributed by atoms with E-state index in [4.69, 9.17) is 0 Å². The average molecular weight is 398 g/mol. The molecular formula is C21H26N4O4. The van der Waals surface area contributed by atoms with Crippen molar-refractivity contribution in [2.75, 3.05) is 18.0 Å². The fourth-order valence-electron chi connectivity index (χ4n) is 3.76. The van der Waals surface area contributed by atoms with Gasteiger partial charge in [-0.25, -0.2) is 0 Å². The molecular weight excluding hydrogens is 372 g/mol. The standard InChI is InChI=1S/C21H26N4O4/c1-14-11-15(2)23-21(27)17(14)13-22-20(26)16-7-8-18(19(12-16)25(28)29)24-9-5-3-4-6-10-24/h7-8,11-12H,3-6,9-10,13H2,1-2H3,(H,22,26)(H,23,27). The Balaban J connectivity index is 1.80. The summed E-state index contributed by atoms with van der Waals surface area (Å²) in [6.07, 6.45) is 4.26. The average Bonchev–Trinajstić information content (AvgIpc) is 2.95. The molecule has 2 aromatic rings. The molecule has 8 heteroatoms. The summed E-state index contributed by atoms with van der Waals surface area (Å²) in [5.41, 5.74) is 2.46. The second kappa shape index (κ2) is 8.89. The molecule has 0 atom stereocenters. The van der Waals surface area contributed by atoms with Gasteiger partial charge in [-0.05, 0) is 50.5 Å². The largest absolute Gasteiger partial charge is 0.366 e. The van der Waals surface area contributed by atoms with Gasteiger partial charge in [0.1, 0.15) is 5.69 Å². The zero-order chi connectivity index (χ0) is 21.0. The highest BCUT2D eigenvalue weighted by atomic mass is 16.6. The minimum Gasteiger partial charge on any atom is -0.366 e. The highest BCUT2D eigenvalue weighted by molar-refractivity contribution is 5.95. The molecule has 1 aromatic carbocycles. The van der Waals surface area contributed by atoms with E-state index < -0.39 is 10.8 Å². The molecule has 0 bridgehead atoms. The number of pyridine rings is 1. The lowest BCUT2D eigenvalue weighted by Gasteiger charge is -2.22. The number of benzene rings is 1. The van der Waals surface area contributed by atoms with Crippen LogP contribution in [0.3, 0.4) is 0 Å². The van der Waals surface area contributed by atoms with Crippen LogP contribution in [0.2, 0.25) is 0 Å². The number of amides is 1. The highest BCUT2D eigenvalue weighted by Crippen LogP contribution is 2.31. The van der Waals surface area contributed by atoms with Crippen molar-refractivity contribution in [2.24, 2.45) is 0 Å². The molecule has 0 aliphatic carbocycles. The van der Waals surface area contributed by atoms with Crippen LogP contribution in [0, 0.1) is 24.0 Å². The first-order valence-electron chi connectivity index (χ1n) is 9.88. The maximum absolute atomic E-state index is 12.6. The summed E-state index contributed by atoms with van der Waals surface area (Å²) in [6, 6.07) is 6.42. The number of nitrogens with zero attached hydrogens (tertiary/aromatic N) is 2. The predicted molar refractivity (Wildman–Crippen MR) is 111 cm³/mol. The fraction of sp³-hybridized carbons (Fsp3) is 0.429. The minimum absolute atomic E-state index is 0.0575. The van der Waals surface area contributed by atoms with Gasteiger partial charge in [-0.2, -0.15) is 0 Å². The Morgan fingerprint density at radius 1 is 1.17 bits per heavy atom. The van der Waals surface area contributed by atoms with Crippen LogP contribution in [0.1, 0.15) is 52.9 Å². The predicted octanol–water partition coefficient (Wildman–Crippen LogP) is 3.21. The molecule has 0 unspecified atom stereocenters. The number of nitrogens with one attached hydrogen (secondary N) is 2. The van der Waals surface area contributed by atoms with Gasteiger partial charge in [0, 0.05) is 42.5 Å². The minimum atomic E-state index is -0.449. The molecule has 154 valence electrons. The number of hydrogen-bond donors (Lipinski definition) is 2. The SMILES string of the molecule is Cc1cc(C)c(CNC(=O)c2ccc(N3CCCCCC3)c([N+](=O)[O-])c2)c(=O)[nH]1. The van der Waals surface area contributed by atoms with Gasteiger partial charge in [0.05, 0.1) is 4.92 Å². The molecule has 1 fully saturated rings. The van der Waals surface area contributed by atoms with Gasteiger partial charge in [-0.15, -0.1) is 0 Å². The molecule has 1 aromatic heterocycles. The molecule has 0 spiro atoms. The van der Waals surface area contributed by atoms with Gasteiger partial charge in [-0.3, -0.25) is 19.7 Å². The molecule has 1 aliphatic rings. The zero-order valence-electron chi connectivity index (χ0n) is 16.8. The topological polar surface area (TPSA) is 108 Å². The van der Waals surface area contributed by atoms with Crippen LogP contribution in [0.5, 0.6) is 0 Å². The maximum Gasteiger partial charge on any atom is 0.293 e. The van der Waals surface area contributed by atoms with Crippen LogP contribution < -0.4 is 15.8 Å². The van der Waals surface area contributed by atoms with Gasteiger partial charge in [0.2, 0.25) is 0 Å².